The fourth-order valence-corrected chi connectivity index (χ4v) is 4.69. The number of carbonyl (C=O) groups is 1. The van der Waals surface area contributed by atoms with Gasteiger partial charge in [-0.2, -0.15) is 17.5 Å². The van der Waals surface area contributed by atoms with Crippen LogP contribution in [-0.2, 0) is 27.5 Å². The zero-order valence-corrected chi connectivity index (χ0v) is 20.3. The standard InChI is InChI=1S/C24H20F4N4O4S/c1-14(32(2)37(34,35)22-11-16-9-18(25)4-6-21(16)36-22)23(33)31-13-19-10-15(7-8-29-19)20-5-3-17(12-30-20)24(26,27)28/h3-12,14H,13H2,1-2H3,(H,31,33)/t14-/m0/s1. The SMILES string of the molecule is C[C@@H](C(=O)NCc1cc(-c2ccc(C(F)(F)F)cn2)ccn1)N(C)S(=O)(=O)c1cc2cc(F)ccc2o1. The second-order valence-electron chi connectivity index (χ2n) is 8.13. The summed E-state index contributed by atoms with van der Waals surface area (Å²) in [5.74, 6) is -1.18. The van der Waals surface area contributed by atoms with Crippen molar-refractivity contribution in [1.29, 1.82) is 0 Å². The Morgan fingerprint density at radius 3 is 2.54 bits per heavy atom. The molecular weight excluding hydrogens is 516 g/mol. The third kappa shape index (κ3) is 5.62. The molecule has 37 heavy (non-hydrogen) atoms. The zero-order chi connectivity index (χ0) is 27.0. The van der Waals surface area contributed by atoms with E-state index in [2.05, 4.69) is 15.3 Å². The molecule has 0 unspecified atom stereocenters. The molecule has 0 bridgehead atoms. The minimum Gasteiger partial charge on any atom is -0.443 e. The van der Waals surface area contributed by atoms with Crippen LogP contribution in [0.1, 0.15) is 18.2 Å². The Bertz CT molecular complexity index is 1550. The summed E-state index contributed by atoms with van der Waals surface area (Å²) in [7, 11) is -3.01. The molecule has 4 rings (SSSR count). The number of rotatable bonds is 7. The van der Waals surface area contributed by atoms with E-state index in [0.29, 0.717) is 11.3 Å². The highest BCUT2D eigenvalue weighted by Gasteiger charge is 2.33. The Hall–Kier alpha value is -3.84. The average molecular weight is 537 g/mol. The van der Waals surface area contributed by atoms with Gasteiger partial charge in [-0.05, 0) is 49.4 Å². The van der Waals surface area contributed by atoms with E-state index in [4.69, 9.17) is 4.42 Å². The number of nitrogens with zero attached hydrogens (tertiary/aromatic N) is 3. The lowest BCUT2D eigenvalue weighted by Gasteiger charge is -2.22. The number of pyridine rings is 2. The third-order valence-electron chi connectivity index (χ3n) is 5.66. The minimum absolute atomic E-state index is 0.0740. The van der Waals surface area contributed by atoms with Crippen LogP contribution in [0, 0.1) is 5.82 Å². The van der Waals surface area contributed by atoms with Crippen molar-refractivity contribution >= 4 is 26.9 Å². The van der Waals surface area contributed by atoms with Crippen LogP contribution in [0.3, 0.4) is 0 Å². The molecule has 0 aliphatic carbocycles. The van der Waals surface area contributed by atoms with Crippen molar-refractivity contribution in [2.75, 3.05) is 7.05 Å². The zero-order valence-electron chi connectivity index (χ0n) is 19.5. The summed E-state index contributed by atoms with van der Waals surface area (Å²) in [6.07, 6.45) is -2.35. The number of hydrogen-bond donors (Lipinski definition) is 1. The van der Waals surface area contributed by atoms with Crippen molar-refractivity contribution < 1.29 is 35.2 Å². The van der Waals surface area contributed by atoms with E-state index in [1.807, 2.05) is 0 Å². The van der Waals surface area contributed by atoms with E-state index in [1.165, 1.54) is 38.4 Å². The summed E-state index contributed by atoms with van der Waals surface area (Å²) in [6.45, 7) is 1.31. The molecule has 3 heterocycles. The largest absolute Gasteiger partial charge is 0.443 e. The number of sulfonamides is 1. The maximum Gasteiger partial charge on any atom is 0.417 e. The lowest BCUT2D eigenvalue weighted by molar-refractivity contribution is -0.137. The lowest BCUT2D eigenvalue weighted by atomic mass is 10.1. The van der Waals surface area contributed by atoms with Gasteiger partial charge in [-0.15, -0.1) is 0 Å². The van der Waals surface area contributed by atoms with Crippen molar-refractivity contribution in [3.8, 4) is 11.3 Å². The molecule has 0 aliphatic rings. The smallest absolute Gasteiger partial charge is 0.417 e. The van der Waals surface area contributed by atoms with Gasteiger partial charge >= 0.3 is 6.18 Å². The number of hydrogen-bond acceptors (Lipinski definition) is 6. The number of carbonyl (C=O) groups excluding carboxylic acids is 1. The summed E-state index contributed by atoms with van der Waals surface area (Å²) in [6, 6.07) is 8.87. The van der Waals surface area contributed by atoms with Crippen molar-refractivity contribution in [3.63, 3.8) is 0 Å². The summed E-state index contributed by atoms with van der Waals surface area (Å²) in [5.41, 5.74) is 0.458. The molecule has 0 saturated heterocycles. The van der Waals surface area contributed by atoms with E-state index < -0.39 is 44.6 Å². The number of furan rings is 1. The van der Waals surface area contributed by atoms with Gasteiger partial charge in [0.15, 0.2) is 0 Å². The Morgan fingerprint density at radius 1 is 1.11 bits per heavy atom. The Morgan fingerprint density at radius 2 is 1.86 bits per heavy atom. The molecule has 0 saturated carbocycles. The molecule has 0 radical (unpaired) electrons. The number of benzene rings is 1. The number of alkyl halides is 3. The van der Waals surface area contributed by atoms with Crippen LogP contribution in [0.25, 0.3) is 22.2 Å². The molecule has 0 spiro atoms. The van der Waals surface area contributed by atoms with Crippen molar-refractivity contribution in [2.24, 2.45) is 0 Å². The van der Waals surface area contributed by atoms with E-state index in [1.54, 1.807) is 12.1 Å². The topological polar surface area (TPSA) is 105 Å². The molecule has 1 N–H and O–H groups in total. The van der Waals surface area contributed by atoms with Gasteiger partial charge in [0.2, 0.25) is 11.0 Å². The Balaban J connectivity index is 1.43. The number of halogens is 4. The molecule has 8 nitrogen and oxygen atoms in total. The first-order chi connectivity index (χ1) is 17.4. The summed E-state index contributed by atoms with van der Waals surface area (Å²) in [5, 5.41) is 2.41. The quantitative estimate of drug-likeness (QED) is 0.352. The van der Waals surface area contributed by atoms with Crippen LogP contribution in [0.4, 0.5) is 17.6 Å². The van der Waals surface area contributed by atoms with Gasteiger partial charge in [0, 0.05) is 36.5 Å². The third-order valence-corrected chi connectivity index (χ3v) is 7.44. The summed E-state index contributed by atoms with van der Waals surface area (Å²) < 4.78 is 83.8. The Kier molecular flexibility index (Phi) is 7.02. The van der Waals surface area contributed by atoms with Crippen molar-refractivity contribution in [2.45, 2.75) is 30.8 Å². The molecule has 1 atom stereocenters. The van der Waals surface area contributed by atoms with Gasteiger partial charge < -0.3 is 9.73 Å². The maximum absolute atomic E-state index is 13.4. The molecule has 4 aromatic rings. The fraction of sp³-hybridized carbons (Fsp3) is 0.208. The van der Waals surface area contributed by atoms with Crippen LogP contribution >= 0.6 is 0 Å². The predicted octanol–water partition coefficient (Wildman–Crippen LogP) is 4.37. The monoisotopic (exact) mass is 536 g/mol. The van der Waals surface area contributed by atoms with E-state index in [9.17, 15) is 30.8 Å². The van der Waals surface area contributed by atoms with Gasteiger partial charge in [0.1, 0.15) is 17.4 Å². The first kappa shape index (κ1) is 26.2. The average Bonchev–Trinajstić information content (AvgIpc) is 3.30. The number of fused-ring (bicyclic) bond motifs is 1. The molecule has 0 fully saturated rings. The first-order valence-corrected chi connectivity index (χ1v) is 12.2. The lowest BCUT2D eigenvalue weighted by Crippen LogP contribution is -2.45. The second-order valence-corrected chi connectivity index (χ2v) is 10.1. The number of likely N-dealkylation sites (N-methyl/N-ethyl adjacent to an activating group) is 1. The molecule has 13 heteroatoms. The van der Waals surface area contributed by atoms with Crippen molar-refractivity contribution in [3.05, 3.63) is 78.0 Å². The predicted molar refractivity (Wildman–Crippen MR) is 125 cm³/mol. The summed E-state index contributed by atoms with van der Waals surface area (Å²) in [4.78, 5) is 20.7. The van der Waals surface area contributed by atoms with Gasteiger partial charge in [0.05, 0.1) is 23.5 Å². The van der Waals surface area contributed by atoms with E-state index >= 15 is 0 Å². The van der Waals surface area contributed by atoms with Crippen LogP contribution in [0.2, 0.25) is 0 Å². The van der Waals surface area contributed by atoms with Gasteiger partial charge in [0.25, 0.3) is 10.0 Å². The van der Waals surface area contributed by atoms with Gasteiger partial charge in [-0.1, -0.05) is 0 Å². The summed E-state index contributed by atoms with van der Waals surface area (Å²) >= 11 is 0. The molecular formula is C24H20F4N4O4S. The van der Waals surface area contributed by atoms with Crippen LogP contribution < -0.4 is 5.32 Å². The highest BCUT2D eigenvalue weighted by molar-refractivity contribution is 7.89. The van der Waals surface area contributed by atoms with Crippen LogP contribution in [0.15, 0.2) is 70.4 Å². The Labute approximate surface area is 209 Å². The number of nitrogens with one attached hydrogen (secondary N) is 1. The van der Waals surface area contributed by atoms with Gasteiger partial charge in [-0.3, -0.25) is 14.8 Å². The second kappa shape index (κ2) is 9.90. The number of amides is 1. The minimum atomic E-state index is -4.50. The highest BCUT2D eigenvalue weighted by Crippen LogP contribution is 2.30. The molecule has 1 amide bonds. The highest BCUT2D eigenvalue weighted by atomic mass is 32.2. The molecule has 1 aromatic carbocycles. The van der Waals surface area contributed by atoms with Crippen molar-refractivity contribution in [1.82, 2.24) is 19.6 Å². The molecule has 0 aliphatic heterocycles. The van der Waals surface area contributed by atoms with Crippen LogP contribution in [-0.4, -0.2) is 41.7 Å². The van der Waals surface area contributed by atoms with E-state index in [0.717, 1.165) is 28.7 Å². The maximum atomic E-state index is 13.4. The molecule has 194 valence electrons. The van der Waals surface area contributed by atoms with Crippen LogP contribution in [0.5, 0.6) is 0 Å². The fourth-order valence-electron chi connectivity index (χ4n) is 3.42. The van der Waals surface area contributed by atoms with Gasteiger partial charge in [-0.25, -0.2) is 12.8 Å². The molecule has 3 aromatic heterocycles. The first-order valence-electron chi connectivity index (χ1n) is 10.8. The van der Waals surface area contributed by atoms with E-state index in [-0.39, 0.29) is 23.2 Å². The number of aromatic nitrogens is 2. The normalized spacial score (nSPS) is 13.2.